The molecule has 0 aromatic rings. The zero-order valence-electron chi connectivity index (χ0n) is 34.3. The van der Waals surface area contributed by atoms with Crippen molar-refractivity contribution in [2.24, 2.45) is 41.4 Å². The van der Waals surface area contributed by atoms with Gasteiger partial charge in [-0.25, -0.2) is 4.79 Å². The standard InChI is InChI=1S/C37H67N7O9/c1-16(2)24(38-23(15)45)31(46)39-25(17(3)4)32(47)40-26(18(5)6)33(48)41-27(19(7)8)34(49)42-28(20(9)10)35(50)43-29(21(11)12)36(51)44-30(22(13)14)37(52)53/h16-22,24-30H,1-15H3,(H,38,45)(H,39,46)(H,40,47)(H,41,48)(H,42,49)(H,43,50)(H,44,51)(H,52,53)/t24-,25-,26-,27-,28-,29-,30-/m0/s1. The zero-order valence-corrected chi connectivity index (χ0v) is 34.3. The van der Waals surface area contributed by atoms with Crippen molar-refractivity contribution in [2.75, 3.05) is 0 Å². The molecule has 0 aromatic heterocycles. The van der Waals surface area contributed by atoms with E-state index in [1.807, 2.05) is 0 Å². The van der Waals surface area contributed by atoms with Crippen LogP contribution in [-0.2, 0) is 38.4 Å². The van der Waals surface area contributed by atoms with E-state index in [1.165, 1.54) is 6.92 Å². The molecule has 53 heavy (non-hydrogen) atoms. The third-order valence-electron chi connectivity index (χ3n) is 8.77. The number of hydrogen-bond donors (Lipinski definition) is 8. The van der Waals surface area contributed by atoms with Crippen LogP contribution in [0.15, 0.2) is 0 Å². The van der Waals surface area contributed by atoms with E-state index in [-0.39, 0.29) is 11.8 Å². The molecule has 0 aliphatic rings. The Balaban J connectivity index is 6.08. The van der Waals surface area contributed by atoms with Crippen LogP contribution < -0.4 is 37.2 Å². The molecule has 0 aromatic carbocycles. The Labute approximate surface area is 315 Å². The number of carboxylic acid groups (broad SMARTS) is 1. The highest BCUT2D eigenvalue weighted by Gasteiger charge is 2.37. The Morgan fingerprint density at radius 1 is 0.302 bits per heavy atom. The van der Waals surface area contributed by atoms with Crippen LogP contribution in [0.4, 0.5) is 0 Å². The van der Waals surface area contributed by atoms with E-state index in [4.69, 9.17) is 0 Å². The Morgan fingerprint density at radius 2 is 0.453 bits per heavy atom. The first-order valence-electron chi connectivity index (χ1n) is 18.6. The molecule has 0 rings (SSSR count). The Bertz CT molecular complexity index is 1300. The van der Waals surface area contributed by atoms with Gasteiger partial charge in [0.2, 0.25) is 41.4 Å². The summed E-state index contributed by atoms with van der Waals surface area (Å²) in [5.74, 6) is -8.28. The molecule has 0 radical (unpaired) electrons. The number of hydrogen-bond acceptors (Lipinski definition) is 8. The normalized spacial score (nSPS) is 15.7. The number of carbonyl (C=O) groups excluding carboxylic acids is 7. The van der Waals surface area contributed by atoms with Gasteiger partial charge in [0.1, 0.15) is 42.3 Å². The topological polar surface area (TPSA) is 241 Å². The van der Waals surface area contributed by atoms with Gasteiger partial charge >= 0.3 is 5.97 Å². The van der Waals surface area contributed by atoms with Gasteiger partial charge in [0, 0.05) is 6.92 Å². The SMILES string of the molecule is CC(=O)N[C@H](C(=O)N[C@H](C(=O)N[C@H](C(=O)N[C@H](C(=O)N[C@H](C(=O)N[C@H](C(=O)N[C@H](C(=O)O)C(C)C)C(C)C)C(C)C)C(C)C)C(C)C)C(C)C)C(C)C. The largest absolute Gasteiger partial charge is 0.480 e. The lowest BCUT2D eigenvalue weighted by molar-refractivity contribution is -0.144. The van der Waals surface area contributed by atoms with Gasteiger partial charge in [-0.1, -0.05) is 96.9 Å². The van der Waals surface area contributed by atoms with Crippen molar-refractivity contribution in [1.29, 1.82) is 0 Å². The Kier molecular flexibility index (Phi) is 20.3. The summed E-state index contributed by atoms with van der Waals surface area (Å²) >= 11 is 0. The molecule has 16 nitrogen and oxygen atoms in total. The third kappa shape index (κ3) is 15.7. The molecular formula is C37H67N7O9. The molecule has 7 amide bonds. The van der Waals surface area contributed by atoms with E-state index < -0.39 is 119 Å². The molecule has 0 fully saturated rings. The number of aliphatic carboxylic acids is 1. The summed E-state index contributed by atoms with van der Waals surface area (Å²) in [4.78, 5) is 104. The average Bonchev–Trinajstić information content (AvgIpc) is 3.01. The van der Waals surface area contributed by atoms with Gasteiger partial charge < -0.3 is 42.3 Å². The van der Waals surface area contributed by atoms with Crippen molar-refractivity contribution in [1.82, 2.24) is 37.2 Å². The number of amides is 7. The molecule has 0 aliphatic carbocycles. The maximum atomic E-state index is 13.7. The van der Waals surface area contributed by atoms with Crippen LogP contribution in [-0.4, -0.2) is 94.7 Å². The van der Waals surface area contributed by atoms with Gasteiger partial charge in [-0.05, 0) is 41.4 Å². The molecule has 8 N–H and O–H groups in total. The molecule has 304 valence electrons. The predicted molar refractivity (Wildman–Crippen MR) is 201 cm³/mol. The number of rotatable bonds is 21. The van der Waals surface area contributed by atoms with Crippen LogP contribution in [0.1, 0.15) is 104 Å². The molecular weight excluding hydrogens is 686 g/mol. The van der Waals surface area contributed by atoms with Crippen LogP contribution >= 0.6 is 0 Å². The summed E-state index contributed by atoms with van der Waals surface area (Å²) < 4.78 is 0. The molecule has 0 unspecified atom stereocenters. The van der Waals surface area contributed by atoms with Gasteiger partial charge in [-0.2, -0.15) is 0 Å². The van der Waals surface area contributed by atoms with E-state index in [0.717, 1.165) is 0 Å². The second-order valence-corrected chi connectivity index (χ2v) is 16.1. The lowest BCUT2D eigenvalue weighted by Gasteiger charge is -2.32. The third-order valence-corrected chi connectivity index (χ3v) is 8.77. The van der Waals surface area contributed by atoms with Crippen LogP contribution in [0.5, 0.6) is 0 Å². The van der Waals surface area contributed by atoms with E-state index in [1.54, 1.807) is 96.9 Å². The summed E-state index contributed by atoms with van der Waals surface area (Å²) in [6.45, 7) is 25.2. The summed E-state index contributed by atoms with van der Waals surface area (Å²) in [5, 5.41) is 28.1. The Morgan fingerprint density at radius 3 is 0.585 bits per heavy atom. The van der Waals surface area contributed by atoms with Gasteiger partial charge in [0.25, 0.3) is 0 Å². The summed E-state index contributed by atoms with van der Waals surface area (Å²) in [5.41, 5.74) is 0. The molecule has 0 bridgehead atoms. The van der Waals surface area contributed by atoms with Crippen LogP contribution in [0, 0.1) is 41.4 Å². The van der Waals surface area contributed by atoms with Crippen LogP contribution in [0.25, 0.3) is 0 Å². The summed E-state index contributed by atoms with van der Waals surface area (Å²) in [7, 11) is 0. The van der Waals surface area contributed by atoms with Gasteiger partial charge in [0.05, 0.1) is 0 Å². The second kappa shape index (κ2) is 22.1. The van der Waals surface area contributed by atoms with Crippen molar-refractivity contribution in [3.63, 3.8) is 0 Å². The van der Waals surface area contributed by atoms with Crippen molar-refractivity contribution in [3.05, 3.63) is 0 Å². The predicted octanol–water partition coefficient (Wildman–Crippen LogP) is 1.08. The number of carboxylic acids is 1. The minimum absolute atomic E-state index is 0.262. The van der Waals surface area contributed by atoms with Crippen LogP contribution in [0.3, 0.4) is 0 Å². The fourth-order valence-corrected chi connectivity index (χ4v) is 5.40. The number of nitrogens with one attached hydrogen (secondary N) is 7. The van der Waals surface area contributed by atoms with Gasteiger partial charge in [0.15, 0.2) is 0 Å². The highest BCUT2D eigenvalue weighted by Crippen LogP contribution is 2.13. The first kappa shape index (κ1) is 48.8. The number of carbonyl (C=O) groups is 8. The fraction of sp³-hybridized carbons (Fsp3) is 0.784. The van der Waals surface area contributed by atoms with Crippen molar-refractivity contribution < 1.29 is 43.5 Å². The highest BCUT2D eigenvalue weighted by atomic mass is 16.4. The minimum atomic E-state index is -1.21. The molecule has 0 aliphatic heterocycles. The lowest BCUT2D eigenvalue weighted by Crippen LogP contribution is -2.63. The van der Waals surface area contributed by atoms with Crippen LogP contribution in [0.2, 0.25) is 0 Å². The van der Waals surface area contributed by atoms with Gasteiger partial charge in [-0.3, -0.25) is 33.6 Å². The average molecular weight is 754 g/mol. The van der Waals surface area contributed by atoms with Crippen molar-refractivity contribution in [3.8, 4) is 0 Å². The van der Waals surface area contributed by atoms with E-state index >= 15 is 0 Å². The molecule has 0 spiro atoms. The van der Waals surface area contributed by atoms with E-state index in [9.17, 15) is 43.5 Å². The first-order valence-corrected chi connectivity index (χ1v) is 18.6. The fourth-order valence-electron chi connectivity index (χ4n) is 5.40. The van der Waals surface area contributed by atoms with Crippen molar-refractivity contribution >= 4 is 47.3 Å². The Hall–Kier alpha value is -4.24. The second-order valence-electron chi connectivity index (χ2n) is 16.1. The molecule has 7 atom stereocenters. The monoisotopic (exact) mass is 754 g/mol. The lowest BCUT2D eigenvalue weighted by atomic mass is 9.96. The van der Waals surface area contributed by atoms with E-state index in [2.05, 4.69) is 37.2 Å². The summed E-state index contributed by atoms with van der Waals surface area (Å²) in [6, 6.07) is -7.56. The minimum Gasteiger partial charge on any atom is -0.480 e. The molecule has 16 heteroatoms. The quantitative estimate of drug-likeness (QED) is 0.0835. The highest BCUT2D eigenvalue weighted by molar-refractivity contribution is 5.97. The van der Waals surface area contributed by atoms with Crippen molar-refractivity contribution in [2.45, 2.75) is 146 Å². The summed E-state index contributed by atoms with van der Waals surface area (Å²) in [6.07, 6.45) is 0. The molecule has 0 saturated heterocycles. The zero-order chi connectivity index (χ0) is 41.7. The first-order chi connectivity index (χ1) is 24.2. The maximum Gasteiger partial charge on any atom is 0.326 e. The van der Waals surface area contributed by atoms with Gasteiger partial charge in [-0.15, -0.1) is 0 Å². The molecule has 0 heterocycles. The maximum absolute atomic E-state index is 13.7. The molecule has 0 saturated carbocycles. The smallest absolute Gasteiger partial charge is 0.326 e. The van der Waals surface area contributed by atoms with E-state index in [0.29, 0.717) is 0 Å².